The number of benzene rings is 1. The average molecular weight is 786 g/mol. The molecule has 0 radical (unpaired) electrons. The lowest BCUT2D eigenvalue weighted by atomic mass is 9.90. The molecule has 1 aliphatic carbocycles. The summed E-state index contributed by atoms with van der Waals surface area (Å²) in [7, 11) is 1.43. The first-order valence-electron chi connectivity index (χ1n) is 19.1. The maximum Gasteiger partial charge on any atom is 0.420 e. The molecule has 0 bridgehead atoms. The number of halogens is 3. The van der Waals surface area contributed by atoms with Crippen LogP contribution in [0.2, 0.25) is 0 Å². The van der Waals surface area contributed by atoms with Crippen molar-refractivity contribution in [1.82, 2.24) is 24.0 Å². The molecule has 0 spiro atoms. The zero-order valence-corrected chi connectivity index (χ0v) is 32.7. The number of fused-ring (bicyclic) bond motifs is 3. The van der Waals surface area contributed by atoms with E-state index in [1.807, 2.05) is 17.6 Å². The number of hydrogen-bond donors (Lipinski definition) is 2. The van der Waals surface area contributed by atoms with Crippen molar-refractivity contribution >= 4 is 40.5 Å². The van der Waals surface area contributed by atoms with Crippen LogP contribution in [0.4, 0.5) is 41.9 Å². The zero-order chi connectivity index (χ0) is 40.6. The van der Waals surface area contributed by atoms with Crippen LogP contribution < -0.4 is 26.0 Å². The van der Waals surface area contributed by atoms with Gasteiger partial charge in [0.25, 0.3) is 11.5 Å². The molecule has 2 N–H and O–H groups in total. The lowest BCUT2D eigenvalue weighted by Crippen LogP contribution is -2.59. The molecule has 4 aliphatic rings. The number of rotatable bonds is 8. The Hall–Kier alpha value is -5.48. The van der Waals surface area contributed by atoms with Crippen LogP contribution >= 0.6 is 0 Å². The molecular formula is C41H46F3N9O4. The molecule has 3 aliphatic heterocycles. The first kappa shape index (κ1) is 38.4. The van der Waals surface area contributed by atoms with E-state index in [4.69, 9.17) is 4.74 Å². The largest absolute Gasteiger partial charge is 0.420 e. The number of carbonyl (C=O) groups excluding carboxylic acids is 2. The first-order valence-corrected chi connectivity index (χ1v) is 19.1. The number of nitrogens with zero attached hydrogens (tertiary/aromatic N) is 7. The minimum atomic E-state index is -4.94. The quantitative estimate of drug-likeness (QED) is 0.222. The summed E-state index contributed by atoms with van der Waals surface area (Å²) in [6.45, 7) is 16.0. The van der Waals surface area contributed by atoms with E-state index in [9.17, 15) is 14.4 Å². The minimum absolute atomic E-state index is 0.00440. The van der Waals surface area contributed by atoms with Gasteiger partial charge in [0.15, 0.2) is 5.82 Å². The molecule has 0 saturated carbocycles. The molecule has 4 aromatic rings. The predicted molar refractivity (Wildman–Crippen MR) is 211 cm³/mol. The SMILES string of the molecule is C=CC(=O)Nc1cc(Nc2nc(-c3ccnc(N4CCn5c(cc6c5CC(C)(C)C6)C4=O)c3C(F)(F)F)cn(C)c2=O)cc(C)c1N1CCN(C2COC2)C[C@@H]1C. The lowest BCUT2D eigenvalue weighted by Gasteiger charge is -2.47. The number of alkyl halides is 3. The Kier molecular flexibility index (Phi) is 9.54. The number of piperazine rings is 1. The molecular weight excluding hydrogens is 740 g/mol. The highest BCUT2D eigenvalue weighted by Crippen LogP contribution is 2.44. The second-order valence-corrected chi connectivity index (χ2v) is 16.3. The smallest absolute Gasteiger partial charge is 0.378 e. The standard InChI is InChI=1S/C41H46F3N9O4/c1-7-33(54)47-29-16-26(14-23(2)35(29)51-11-10-50(19-24(51)3)27-21-57-22-27)46-36-39(56)49(6)20-30(48-36)28-8-9-45-37(34(28)41(42,43)44)53-13-12-52-31(38(53)55)15-25-17-40(4,5)18-32(25)52/h7-9,14-16,20,24,27H,1,10-13,17-19,21-22H2,2-6H3,(H,46,48)(H,47,54)/t24-/m0/s1. The number of aryl methyl sites for hydroxylation is 2. The van der Waals surface area contributed by atoms with Gasteiger partial charge in [0.1, 0.15) is 17.1 Å². The molecule has 57 heavy (non-hydrogen) atoms. The van der Waals surface area contributed by atoms with Crippen LogP contribution in [-0.4, -0.2) is 87.3 Å². The van der Waals surface area contributed by atoms with Gasteiger partial charge in [-0.1, -0.05) is 20.4 Å². The Labute approximate surface area is 328 Å². The lowest BCUT2D eigenvalue weighted by molar-refractivity contribution is -0.136. The van der Waals surface area contributed by atoms with Crippen LogP contribution in [0.15, 0.2) is 54.1 Å². The van der Waals surface area contributed by atoms with Crippen molar-refractivity contribution in [3.63, 3.8) is 0 Å². The molecule has 2 fully saturated rings. The molecule has 1 atom stereocenters. The van der Waals surface area contributed by atoms with Crippen molar-refractivity contribution in [3.8, 4) is 11.3 Å². The zero-order valence-electron chi connectivity index (χ0n) is 32.7. The van der Waals surface area contributed by atoms with Gasteiger partial charge >= 0.3 is 6.18 Å². The molecule has 16 heteroatoms. The third-order valence-corrected chi connectivity index (χ3v) is 11.5. The van der Waals surface area contributed by atoms with Crippen molar-refractivity contribution < 1.29 is 27.5 Å². The number of nitrogens with one attached hydrogen (secondary N) is 2. The van der Waals surface area contributed by atoms with Gasteiger partial charge in [0.2, 0.25) is 5.91 Å². The topological polar surface area (TPSA) is 130 Å². The van der Waals surface area contributed by atoms with Gasteiger partial charge in [-0.05, 0) is 73.6 Å². The highest BCUT2D eigenvalue weighted by molar-refractivity contribution is 6.06. The second kappa shape index (κ2) is 14.2. The third-order valence-electron chi connectivity index (χ3n) is 11.5. The van der Waals surface area contributed by atoms with Crippen LogP contribution in [0.25, 0.3) is 11.3 Å². The summed E-state index contributed by atoms with van der Waals surface area (Å²) in [5, 5.41) is 5.94. The molecule has 2 saturated heterocycles. The number of carbonyl (C=O) groups is 2. The van der Waals surface area contributed by atoms with E-state index in [0.29, 0.717) is 36.2 Å². The highest BCUT2D eigenvalue weighted by atomic mass is 19.4. The number of hydrogen-bond acceptors (Lipinski definition) is 9. The predicted octanol–water partition coefficient (Wildman–Crippen LogP) is 5.53. The van der Waals surface area contributed by atoms with E-state index < -0.39 is 34.9 Å². The summed E-state index contributed by atoms with van der Waals surface area (Å²) in [5.74, 6) is -1.73. The molecule has 6 heterocycles. The fourth-order valence-electron chi connectivity index (χ4n) is 8.81. The van der Waals surface area contributed by atoms with Gasteiger partial charge < -0.3 is 29.4 Å². The first-order chi connectivity index (χ1) is 27.0. The van der Waals surface area contributed by atoms with Crippen molar-refractivity contribution in [2.45, 2.75) is 65.3 Å². The van der Waals surface area contributed by atoms with E-state index in [1.165, 1.54) is 31.6 Å². The van der Waals surface area contributed by atoms with Gasteiger partial charge in [-0.15, -0.1) is 0 Å². The minimum Gasteiger partial charge on any atom is -0.378 e. The Balaban J connectivity index is 1.14. The Morgan fingerprint density at radius 2 is 1.86 bits per heavy atom. The molecule has 2 amide bonds. The molecule has 13 nitrogen and oxygen atoms in total. The summed E-state index contributed by atoms with van der Waals surface area (Å²) in [5.41, 5.74) is 2.77. The van der Waals surface area contributed by atoms with Gasteiger partial charge in [0.05, 0.1) is 36.3 Å². The molecule has 3 aromatic heterocycles. The number of ether oxygens (including phenoxy) is 1. The molecule has 8 rings (SSSR count). The maximum absolute atomic E-state index is 15.2. The molecule has 300 valence electrons. The van der Waals surface area contributed by atoms with Crippen LogP contribution in [0, 0.1) is 12.3 Å². The average Bonchev–Trinajstić information content (AvgIpc) is 3.61. The second-order valence-electron chi connectivity index (χ2n) is 16.3. The third kappa shape index (κ3) is 6.98. The normalized spacial score (nSPS) is 19.6. The van der Waals surface area contributed by atoms with E-state index in [-0.39, 0.29) is 35.1 Å². The van der Waals surface area contributed by atoms with E-state index >= 15 is 13.2 Å². The fraction of sp³-hybridized carbons (Fsp3) is 0.439. The number of aromatic nitrogens is 4. The summed E-state index contributed by atoms with van der Waals surface area (Å²) in [4.78, 5) is 54.4. The van der Waals surface area contributed by atoms with Crippen LogP contribution in [0.1, 0.15) is 53.6 Å². The van der Waals surface area contributed by atoms with Crippen LogP contribution in [-0.2, 0) is 42.1 Å². The van der Waals surface area contributed by atoms with Crippen LogP contribution in [0.5, 0.6) is 0 Å². The molecule has 1 aromatic carbocycles. The Morgan fingerprint density at radius 1 is 1.09 bits per heavy atom. The molecule has 0 unspecified atom stereocenters. The van der Waals surface area contributed by atoms with Crippen molar-refractivity contribution in [3.05, 3.63) is 87.7 Å². The summed E-state index contributed by atoms with van der Waals surface area (Å²) < 4.78 is 54.1. The summed E-state index contributed by atoms with van der Waals surface area (Å²) in [6, 6.07) is 6.99. The van der Waals surface area contributed by atoms with Gasteiger partial charge in [-0.2, -0.15) is 13.2 Å². The van der Waals surface area contributed by atoms with Crippen molar-refractivity contribution in [2.24, 2.45) is 12.5 Å². The summed E-state index contributed by atoms with van der Waals surface area (Å²) >= 11 is 0. The van der Waals surface area contributed by atoms with Gasteiger partial charge in [-0.3, -0.25) is 24.2 Å². The van der Waals surface area contributed by atoms with Crippen LogP contribution in [0.3, 0.4) is 0 Å². The van der Waals surface area contributed by atoms with Gasteiger partial charge in [-0.25, -0.2) is 9.97 Å². The summed E-state index contributed by atoms with van der Waals surface area (Å²) in [6.07, 6.45) is 0.259. The number of anilines is 5. The number of amides is 2. The monoisotopic (exact) mass is 785 g/mol. The Morgan fingerprint density at radius 3 is 2.54 bits per heavy atom. The highest BCUT2D eigenvalue weighted by Gasteiger charge is 2.43. The van der Waals surface area contributed by atoms with Crippen molar-refractivity contribution in [1.29, 1.82) is 0 Å². The van der Waals surface area contributed by atoms with E-state index in [0.717, 1.165) is 71.1 Å². The van der Waals surface area contributed by atoms with Crippen molar-refractivity contribution in [2.75, 3.05) is 59.8 Å². The Bertz CT molecular complexity index is 2360. The van der Waals surface area contributed by atoms with E-state index in [2.05, 4.69) is 57.8 Å². The van der Waals surface area contributed by atoms with Gasteiger partial charge in [0, 0.05) is 75.2 Å². The van der Waals surface area contributed by atoms with E-state index in [1.54, 1.807) is 12.1 Å². The fourth-order valence-corrected chi connectivity index (χ4v) is 8.81. The maximum atomic E-state index is 15.2. The number of pyridine rings is 1.